The van der Waals surface area contributed by atoms with Crippen molar-refractivity contribution in [1.29, 1.82) is 0 Å². The number of rotatable bonds is 40. The van der Waals surface area contributed by atoms with Gasteiger partial charge >= 0.3 is 11.9 Å². The molecule has 0 heterocycles. The highest BCUT2D eigenvalue weighted by molar-refractivity contribution is 5.70. The molecule has 1 unspecified atom stereocenters. The van der Waals surface area contributed by atoms with Gasteiger partial charge in [-0.15, -0.1) is 0 Å². The molecule has 0 saturated heterocycles. The average molecular weight is 777 g/mol. The lowest BCUT2D eigenvalue weighted by Crippen LogP contribution is -2.28. The zero-order valence-electron chi connectivity index (χ0n) is 36.1. The van der Waals surface area contributed by atoms with Crippen molar-refractivity contribution in [3.63, 3.8) is 0 Å². The fourth-order valence-electron chi connectivity index (χ4n) is 5.95. The molecule has 0 aliphatic rings. The number of carbonyl (C=O) groups excluding carboxylic acids is 2. The van der Waals surface area contributed by atoms with Gasteiger partial charge in [0.25, 0.3) is 0 Å². The lowest BCUT2D eigenvalue weighted by Gasteiger charge is -2.15. The molecule has 0 aliphatic heterocycles. The molecule has 318 valence electrons. The van der Waals surface area contributed by atoms with Gasteiger partial charge in [-0.3, -0.25) is 9.59 Å². The second-order valence-corrected chi connectivity index (χ2v) is 14.7. The first-order valence-corrected chi connectivity index (χ1v) is 22.8. The Hall–Kier alpha value is -3.18. The van der Waals surface area contributed by atoms with E-state index in [1.807, 2.05) is 0 Å². The summed E-state index contributed by atoms with van der Waals surface area (Å²) in [5, 5.41) is 9.58. The molecule has 0 aromatic heterocycles. The minimum absolute atomic E-state index is 0.0798. The van der Waals surface area contributed by atoms with Crippen LogP contribution in [0.25, 0.3) is 0 Å². The predicted octanol–water partition coefficient (Wildman–Crippen LogP) is 14.8. The monoisotopic (exact) mass is 777 g/mol. The van der Waals surface area contributed by atoms with Crippen molar-refractivity contribution >= 4 is 11.9 Å². The quantitative estimate of drug-likeness (QED) is 0.0381. The summed E-state index contributed by atoms with van der Waals surface area (Å²) in [5.41, 5.74) is 0. The molecule has 0 bridgehead atoms. The zero-order chi connectivity index (χ0) is 40.7. The van der Waals surface area contributed by atoms with Crippen LogP contribution in [0.4, 0.5) is 0 Å². The van der Waals surface area contributed by atoms with Crippen LogP contribution < -0.4 is 0 Å². The summed E-state index contributed by atoms with van der Waals surface area (Å²) < 4.78 is 10.6. The molecule has 1 atom stereocenters. The number of esters is 2. The molecule has 0 rings (SSSR count). The Morgan fingerprint density at radius 1 is 0.429 bits per heavy atom. The summed E-state index contributed by atoms with van der Waals surface area (Å²) in [4.78, 5) is 24.3. The van der Waals surface area contributed by atoms with Crippen LogP contribution in [0.1, 0.15) is 194 Å². The number of allylic oxidation sites excluding steroid dienone is 16. The third kappa shape index (κ3) is 43.5. The van der Waals surface area contributed by atoms with E-state index < -0.39 is 6.10 Å². The summed E-state index contributed by atoms with van der Waals surface area (Å²) in [7, 11) is 0. The van der Waals surface area contributed by atoms with Crippen molar-refractivity contribution in [1.82, 2.24) is 0 Å². The third-order valence-electron chi connectivity index (χ3n) is 9.34. The molecule has 1 N–H and O–H groups in total. The zero-order valence-corrected chi connectivity index (χ0v) is 36.1. The molecule has 0 radical (unpaired) electrons. The van der Waals surface area contributed by atoms with E-state index in [2.05, 4.69) is 111 Å². The van der Waals surface area contributed by atoms with Crippen molar-refractivity contribution in [2.45, 2.75) is 200 Å². The van der Waals surface area contributed by atoms with Crippen molar-refractivity contribution in [2.24, 2.45) is 0 Å². The van der Waals surface area contributed by atoms with Crippen LogP contribution >= 0.6 is 0 Å². The van der Waals surface area contributed by atoms with Gasteiger partial charge < -0.3 is 14.6 Å². The number of hydrogen-bond donors (Lipinski definition) is 1. The van der Waals surface area contributed by atoms with E-state index in [1.54, 1.807) is 0 Å². The van der Waals surface area contributed by atoms with Gasteiger partial charge in [-0.2, -0.15) is 0 Å². The van der Waals surface area contributed by atoms with Crippen molar-refractivity contribution in [3.05, 3.63) is 97.2 Å². The molecule has 0 aliphatic carbocycles. The number of aliphatic hydroxyl groups excluding tert-OH is 1. The molecule has 0 spiro atoms. The van der Waals surface area contributed by atoms with Crippen LogP contribution in [0.15, 0.2) is 97.2 Å². The number of unbranched alkanes of at least 4 members (excludes halogenated alkanes) is 16. The lowest BCUT2D eigenvalue weighted by atomic mass is 10.0. The van der Waals surface area contributed by atoms with E-state index in [0.29, 0.717) is 12.8 Å². The van der Waals surface area contributed by atoms with Gasteiger partial charge in [0.1, 0.15) is 6.61 Å². The highest BCUT2D eigenvalue weighted by Crippen LogP contribution is 2.13. The Kier molecular flexibility index (Phi) is 43.6. The van der Waals surface area contributed by atoms with Gasteiger partial charge in [-0.05, 0) is 89.9 Å². The second kappa shape index (κ2) is 46.2. The fraction of sp³-hybridized carbons (Fsp3) is 0.647. The molecule has 5 heteroatoms. The first kappa shape index (κ1) is 52.8. The molecule has 5 nitrogen and oxygen atoms in total. The average Bonchev–Trinajstić information content (AvgIpc) is 3.20. The first-order valence-electron chi connectivity index (χ1n) is 22.8. The Labute approximate surface area is 345 Å². The maximum absolute atomic E-state index is 12.2. The summed E-state index contributed by atoms with van der Waals surface area (Å²) in [5.74, 6) is -0.619. The SMILES string of the molecule is CC/C=C\C/C=C\C/C=C\C/C=C\C/C=C\C/C=C\CCCCCCCCCCCCC(=O)OC(CO)COC(=O)CCCCCCC/C=C\C/C=C\CCC. The van der Waals surface area contributed by atoms with Crippen LogP contribution in [-0.4, -0.2) is 36.4 Å². The molecule has 0 amide bonds. The maximum atomic E-state index is 12.2. The van der Waals surface area contributed by atoms with E-state index in [0.717, 1.165) is 96.3 Å². The Morgan fingerprint density at radius 2 is 0.768 bits per heavy atom. The van der Waals surface area contributed by atoms with E-state index in [1.165, 1.54) is 70.6 Å². The van der Waals surface area contributed by atoms with E-state index >= 15 is 0 Å². The lowest BCUT2D eigenvalue weighted by molar-refractivity contribution is -0.161. The number of ether oxygens (including phenoxy) is 2. The smallest absolute Gasteiger partial charge is 0.306 e. The van der Waals surface area contributed by atoms with Crippen molar-refractivity contribution < 1.29 is 24.2 Å². The molecular formula is C51H84O5. The van der Waals surface area contributed by atoms with Gasteiger partial charge in [0.2, 0.25) is 0 Å². The Bertz CT molecular complexity index is 1110. The molecule has 0 aromatic carbocycles. The van der Waals surface area contributed by atoms with E-state index in [9.17, 15) is 14.7 Å². The molecular weight excluding hydrogens is 693 g/mol. The van der Waals surface area contributed by atoms with Gasteiger partial charge in [0, 0.05) is 12.8 Å². The number of aliphatic hydroxyl groups is 1. The van der Waals surface area contributed by atoms with Gasteiger partial charge in [-0.25, -0.2) is 0 Å². The Morgan fingerprint density at radius 3 is 1.16 bits per heavy atom. The number of hydrogen-bond acceptors (Lipinski definition) is 5. The van der Waals surface area contributed by atoms with Crippen LogP contribution in [0, 0.1) is 0 Å². The second-order valence-electron chi connectivity index (χ2n) is 14.7. The number of carbonyl (C=O) groups is 2. The summed E-state index contributed by atoms with van der Waals surface area (Å²) >= 11 is 0. The minimum Gasteiger partial charge on any atom is -0.462 e. The van der Waals surface area contributed by atoms with Crippen LogP contribution in [0.2, 0.25) is 0 Å². The highest BCUT2D eigenvalue weighted by atomic mass is 16.6. The summed E-state index contributed by atoms with van der Waals surface area (Å²) in [6.07, 6.45) is 64.8. The molecule has 0 fully saturated rings. The van der Waals surface area contributed by atoms with Gasteiger partial charge in [0.15, 0.2) is 6.10 Å². The van der Waals surface area contributed by atoms with Crippen LogP contribution in [-0.2, 0) is 19.1 Å². The van der Waals surface area contributed by atoms with Gasteiger partial charge in [-0.1, -0.05) is 188 Å². The summed E-state index contributed by atoms with van der Waals surface area (Å²) in [6, 6.07) is 0. The maximum Gasteiger partial charge on any atom is 0.306 e. The topological polar surface area (TPSA) is 72.8 Å². The Balaban J connectivity index is 3.58. The standard InChI is InChI=1S/C51H84O5/c1-3-5-7-9-11-13-15-17-18-19-20-21-22-23-24-25-26-27-28-29-30-31-32-34-36-38-40-42-44-46-51(54)56-49(47-52)48-55-50(53)45-43-41-39-37-35-33-16-14-12-10-8-6-4-2/h5,7-8,10-11,13-14,16-18,20-21,23-24,26-27,49,52H,3-4,6,9,12,15,19,22,25,28-48H2,1-2H3/b7-5-,10-8-,13-11-,16-14-,18-17-,21-20-,24-23-,27-26-. The van der Waals surface area contributed by atoms with Crippen molar-refractivity contribution in [3.8, 4) is 0 Å². The van der Waals surface area contributed by atoms with Crippen molar-refractivity contribution in [2.75, 3.05) is 13.2 Å². The predicted molar refractivity (Wildman–Crippen MR) is 242 cm³/mol. The van der Waals surface area contributed by atoms with E-state index in [4.69, 9.17) is 9.47 Å². The molecule has 0 aromatic rings. The highest BCUT2D eigenvalue weighted by Gasteiger charge is 2.16. The molecule has 56 heavy (non-hydrogen) atoms. The third-order valence-corrected chi connectivity index (χ3v) is 9.34. The van der Waals surface area contributed by atoms with Gasteiger partial charge in [0.05, 0.1) is 6.61 Å². The minimum atomic E-state index is -0.785. The molecule has 0 saturated carbocycles. The normalized spacial score (nSPS) is 13.1. The fourth-order valence-corrected chi connectivity index (χ4v) is 5.95. The van der Waals surface area contributed by atoms with Crippen LogP contribution in [0.5, 0.6) is 0 Å². The summed E-state index contributed by atoms with van der Waals surface area (Å²) in [6.45, 7) is 3.93. The van der Waals surface area contributed by atoms with Crippen LogP contribution in [0.3, 0.4) is 0 Å². The van der Waals surface area contributed by atoms with E-state index in [-0.39, 0.29) is 25.2 Å². The first-order chi connectivity index (χ1) is 27.6. The largest absolute Gasteiger partial charge is 0.462 e.